The molecule has 0 fully saturated rings. The van der Waals surface area contributed by atoms with Gasteiger partial charge in [-0.05, 0) is 74.9 Å². The van der Waals surface area contributed by atoms with E-state index in [0.717, 1.165) is 4.31 Å². The summed E-state index contributed by atoms with van der Waals surface area (Å²) in [7, 11) is -2.79. The number of carbonyl (C=O) groups is 2. The Bertz CT molecular complexity index is 1470. The number of hydrogen-bond acceptors (Lipinski definition) is 5. The zero-order chi connectivity index (χ0) is 30.3. The second-order valence-corrected chi connectivity index (χ2v) is 12.5. The largest absolute Gasteiger partial charge is 0.497 e. The normalized spacial score (nSPS) is 12.8. The van der Waals surface area contributed by atoms with Gasteiger partial charge >= 0.3 is 0 Å². The molecule has 12 heteroatoms. The van der Waals surface area contributed by atoms with Crippen LogP contribution in [-0.4, -0.2) is 50.9 Å². The smallest absolute Gasteiger partial charge is 0.264 e. The van der Waals surface area contributed by atoms with E-state index in [4.69, 9.17) is 39.5 Å². The van der Waals surface area contributed by atoms with E-state index in [1.165, 1.54) is 48.4 Å². The number of anilines is 1. The molecule has 0 aliphatic heterocycles. The highest BCUT2D eigenvalue weighted by atomic mass is 35.5. The average molecular weight is 641 g/mol. The van der Waals surface area contributed by atoms with Crippen LogP contribution in [-0.2, 0) is 26.2 Å². The highest BCUT2D eigenvalue weighted by Gasteiger charge is 2.33. The number of halogens is 3. The number of amides is 2. The lowest BCUT2D eigenvalue weighted by Crippen LogP contribution is -2.52. The summed E-state index contributed by atoms with van der Waals surface area (Å²) in [6.07, 6.45) is 0.686. The summed E-state index contributed by atoms with van der Waals surface area (Å²) in [4.78, 5) is 28.4. The number of sulfonamides is 1. The van der Waals surface area contributed by atoms with Gasteiger partial charge in [0.15, 0.2) is 0 Å². The molecule has 2 atom stereocenters. The van der Waals surface area contributed by atoms with Crippen molar-refractivity contribution in [3.63, 3.8) is 0 Å². The van der Waals surface area contributed by atoms with Crippen LogP contribution in [0.4, 0.5) is 5.69 Å². The molecule has 0 aliphatic carbocycles. The highest BCUT2D eigenvalue weighted by molar-refractivity contribution is 7.92. The third-order valence-electron chi connectivity index (χ3n) is 6.58. The molecular weight excluding hydrogens is 609 g/mol. The standard InChI is InChI=1S/C29H32Cl3N3O5S/c1-5-19(2)33-29(37)20(3)34(17-25-26(31)10-7-11-27(25)32)28(36)18-35(22-9-6-8-21(30)16-22)41(38,39)24-14-12-23(40-4)13-15-24/h6-16,19-20H,5,17-18H2,1-4H3,(H,33,37). The Kier molecular flexibility index (Phi) is 11.3. The molecule has 3 aromatic rings. The Hall–Kier alpha value is -2.98. The molecular formula is C29H32Cl3N3O5S. The maximum atomic E-state index is 14.0. The molecule has 0 heterocycles. The van der Waals surface area contributed by atoms with Crippen LogP contribution in [0.15, 0.2) is 71.6 Å². The molecule has 0 spiro atoms. The van der Waals surface area contributed by atoms with Crippen LogP contribution in [0.25, 0.3) is 0 Å². The molecule has 41 heavy (non-hydrogen) atoms. The number of nitrogens with zero attached hydrogens (tertiary/aromatic N) is 2. The Morgan fingerprint density at radius 2 is 1.56 bits per heavy atom. The first-order chi connectivity index (χ1) is 19.4. The van der Waals surface area contributed by atoms with Gasteiger partial charge in [-0.25, -0.2) is 8.42 Å². The summed E-state index contributed by atoms with van der Waals surface area (Å²) >= 11 is 19.0. The monoisotopic (exact) mass is 639 g/mol. The Balaban J connectivity index is 2.07. The van der Waals surface area contributed by atoms with Crippen molar-refractivity contribution >= 4 is 62.3 Å². The molecule has 3 aromatic carbocycles. The van der Waals surface area contributed by atoms with Crippen LogP contribution in [0.2, 0.25) is 15.1 Å². The van der Waals surface area contributed by atoms with Gasteiger partial charge in [-0.3, -0.25) is 13.9 Å². The van der Waals surface area contributed by atoms with Gasteiger partial charge in [0.25, 0.3) is 10.0 Å². The average Bonchev–Trinajstić information content (AvgIpc) is 2.95. The van der Waals surface area contributed by atoms with E-state index in [-0.39, 0.29) is 28.2 Å². The van der Waals surface area contributed by atoms with Crippen LogP contribution >= 0.6 is 34.8 Å². The van der Waals surface area contributed by atoms with E-state index in [9.17, 15) is 18.0 Å². The quantitative estimate of drug-likeness (QED) is 0.255. The lowest BCUT2D eigenvalue weighted by Gasteiger charge is -2.33. The summed E-state index contributed by atoms with van der Waals surface area (Å²) in [5.41, 5.74) is 0.605. The van der Waals surface area contributed by atoms with Gasteiger partial charge in [0, 0.05) is 33.2 Å². The number of hydrogen-bond donors (Lipinski definition) is 1. The summed E-state index contributed by atoms with van der Waals surface area (Å²) in [5, 5.41) is 3.78. The van der Waals surface area contributed by atoms with Crippen molar-refractivity contribution in [1.29, 1.82) is 0 Å². The molecule has 0 saturated heterocycles. The summed E-state index contributed by atoms with van der Waals surface area (Å²) in [6.45, 7) is 4.59. The molecule has 220 valence electrons. The van der Waals surface area contributed by atoms with Gasteiger partial charge in [-0.1, -0.05) is 53.9 Å². The molecule has 0 radical (unpaired) electrons. The minimum absolute atomic E-state index is 0.0608. The SMILES string of the molecule is CCC(C)NC(=O)C(C)N(Cc1c(Cl)cccc1Cl)C(=O)CN(c1cccc(Cl)c1)S(=O)(=O)c1ccc(OC)cc1. The van der Waals surface area contributed by atoms with E-state index in [2.05, 4.69) is 5.32 Å². The van der Waals surface area contributed by atoms with Gasteiger partial charge in [-0.2, -0.15) is 0 Å². The van der Waals surface area contributed by atoms with Crippen molar-refractivity contribution in [2.75, 3.05) is 18.0 Å². The van der Waals surface area contributed by atoms with Gasteiger partial charge in [0.05, 0.1) is 17.7 Å². The van der Waals surface area contributed by atoms with Crippen LogP contribution in [0.3, 0.4) is 0 Å². The molecule has 0 bridgehead atoms. The molecule has 2 unspecified atom stereocenters. The number of ether oxygens (including phenoxy) is 1. The predicted octanol–water partition coefficient (Wildman–Crippen LogP) is 6.18. The van der Waals surface area contributed by atoms with Crippen molar-refractivity contribution in [3.8, 4) is 5.75 Å². The number of carbonyl (C=O) groups excluding carboxylic acids is 2. The van der Waals surface area contributed by atoms with Crippen LogP contribution < -0.4 is 14.4 Å². The Labute approximate surface area is 256 Å². The number of nitrogens with one attached hydrogen (secondary N) is 1. The Morgan fingerprint density at radius 3 is 2.12 bits per heavy atom. The molecule has 1 N–H and O–H groups in total. The van der Waals surface area contributed by atoms with Gasteiger partial charge in [0.2, 0.25) is 11.8 Å². The van der Waals surface area contributed by atoms with E-state index < -0.39 is 34.4 Å². The molecule has 2 amide bonds. The number of rotatable bonds is 12. The third kappa shape index (κ3) is 8.07. The van der Waals surface area contributed by atoms with Crippen molar-refractivity contribution in [3.05, 3.63) is 87.4 Å². The topological polar surface area (TPSA) is 96.0 Å². The third-order valence-corrected chi connectivity index (χ3v) is 9.31. The van der Waals surface area contributed by atoms with Crippen molar-refractivity contribution in [2.45, 2.75) is 50.7 Å². The maximum Gasteiger partial charge on any atom is 0.264 e. The van der Waals surface area contributed by atoms with E-state index in [0.29, 0.717) is 27.8 Å². The predicted molar refractivity (Wildman–Crippen MR) is 163 cm³/mol. The van der Waals surface area contributed by atoms with Crippen molar-refractivity contribution in [1.82, 2.24) is 10.2 Å². The van der Waals surface area contributed by atoms with Crippen LogP contribution in [0, 0.1) is 0 Å². The highest BCUT2D eigenvalue weighted by Crippen LogP contribution is 2.29. The lowest BCUT2D eigenvalue weighted by molar-refractivity contribution is -0.139. The summed E-state index contributed by atoms with van der Waals surface area (Å²) in [5.74, 6) is -0.577. The summed E-state index contributed by atoms with van der Waals surface area (Å²) in [6, 6.07) is 15.8. The fourth-order valence-corrected chi connectivity index (χ4v) is 6.04. The van der Waals surface area contributed by atoms with Crippen LogP contribution in [0.1, 0.15) is 32.8 Å². The summed E-state index contributed by atoms with van der Waals surface area (Å²) < 4.78 is 33.9. The second-order valence-electron chi connectivity index (χ2n) is 9.38. The lowest BCUT2D eigenvalue weighted by atomic mass is 10.1. The minimum atomic E-state index is -4.26. The van der Waals surface area contributed by atoms with Gasteiger partial charge < -0.3 is 15.0 Å². The number of benzene rings is 3. The molecule has 0 saturated carbocycles. The van der Waals surface area contributed by atoms with Crippen molar-refractivity contribution < 1.29 is 22.7 Å². The van der Waals surface area contributed by atoms with E-state index in [1.807, 2.05) is 13.8 Å². The van der Waals surface area contributed by atoms with Crippen molar-refractivity contribution in [2.24, 2.45) is 0 Å². The van der Waals surface area contributed by atoms with E-state index >= 15 is 0 Å². The zero-order valence-electron chi connectivity index (χ0n) is 23.1. The molecule has 3 rings (SSSR count). The second kappa shape index (κ2) is 14.3. The molecule has 8 nitrogen and oxygen atoms in total. The van der Waals surface area contributed by atoms with E-state index in [1.54, 1.807) is 37.3 Å². The fraction of sp³-hybridized carbons (Fsp3) is 0.310. The maximum absolute atomic E-state index is 14.0. The first-order valence-electron chi connectivity index (χ1n) is 12.8. The molecule has 0 aromatic heterocycles. The van der Waals surface area contributed by atoms with Gasteiger partial charge in [0.1, 0.15) is 18.3 Å². The first kappa shape index (κ1) is 32.5. The Morgan fingerprint density at radius 1 is 0.951 bits per heavy atom. The fourth-order valence-electron chi connectivity index (χ4n) is 3.94. The zero-order valence-corrected chi connectivity index (χ0v) is 26.2. The minimum Gasteiger partial charge on any atom is -0.497 e. The molecule has 0 aliphatic rings. The van der Waals surface area contributed by atoms with Gasteiger partial charge in [-0.15, -0.1) is 0 Å². The first-order valence-corrected chi connectivity index (χ1v) is 15.4. The van der Waals surface area contributed by atoms with Crippen LogP contribution in [0.5, 0.6) is 5.75 Å². The number of methoxy groups -OCH3 is 1.